The van der Waals surface area contributed by atoms with Crippen LogP contribution in [0.15, 0.2) is 54.6 Å². The highest BCUT2D eigenvalue weighted by atomic mass is 16.7. The summed E-state index contributed by atoms with van der Waals surface area (Å²) in [4.78, 5) is 12.1. The minimum Gasteiger partial charge on any atom is -0.489 e. The maximum absolute atomic E-state index is 12.1. The average molecular weight is 340 g/mol. The van der Waals surface area contributed by atoms with Crippen LogP contribution in [0, 0.1) is 0 Å². The van der Waals surface area contributed by atoms with Crippen LogP contribution < -0.4 is 24.8 Å². The molecule has 0 atom stereocenters. The van der Waals surface area contributed by atoms with Crippen molar-refractivity contribution in [3.63, 3.8) is 0 Å². The molecule has 0 bridgehead atoms. The maximum Gasteiger partial charge on any atom is 0.319 e. The molecule has 130 valence electrons. The largest absolute Gasteiger partial charge is 0.489 e. The molecule has 0 spiro atoms. The smallest absolute Gasteiger partial charge is 0.319 e. The van der Waals surface area contributed by atoms with Crippen LogP contribution in [0.3, 0.4) is 0 Å². The Morgan fingerprint density at radius 2 is 2.04 bits per heavy atom. The highest BCUT2D eigenvalue weighted by molar-refractivity contribution is 5.89. The second kappa shape index (κ2) is 7.61. The molecule has 2 N–H and O–H groups in total. The van der Waals surface area contributed by atoms with Crippen LogP contribution in [-0.2, 0) is 6.54 Å². The van der Waals surface area contributed by atoms with Crippen LogP contribution in [0.1, 0.15) is 12.5 Å². The van der Waals surface area contributed by atoms with E-state index in [0.29, 0.717) is 30.3 Å². The zero-order valence-electron chi connectivity index (χ0n) is 14.0. The molecule has 0 unspecified atom stereocenters. The van der Waals surface area contributed by atoms with Crippen LogP contribution in [0.4, 0.5) is 10.5 Å². The Balaban J connectivity index is 1.52. The second-order valence-corrected chi connectivity index (χ2v) is 5.77. The number of carbonyl (C=O) groups is 1. The van der Waals surface area contributed by atoms with Gasteiger partial charge in [0.25, 0.3) is 0 Å². The summed E-state index contributed by atoms with van der Waals surface area (Å²) in [6.07, 6.45) is 0. The lowest BCUT2D eigenvalue weighted by molar-refractivity contribution is 0.174. The number of urea groups is 1. The molecule has 6 nitrogen and oxygen atoms in total. The zero-order valence-corrected chi connectivity index (χ0v) is 14.0. The first-order valence-corrected chi connectivity index (χ1v) is 7.91. The fourth-order valence-corrected chi connectivity index (χ4v) is 2.28. The molecule has 0 aliphatic carbocycles. The summed E-state index contributed by atoms with van der Waals surface area (Å²) in [5.74, 6) is 2.10. The van der Waals surface area contributed by atoms with E-state index >= 15 is 0 Å². The number of rotatable bonds is 6. The quantitative estimate of drug-likeness (QED) is 0.787. The summed E-state index contributed by atoms with van der Waals surface area (Å²) in [6, 6.07) is 12.5. The summed E-state index contributed by atoms with van der Waals surface area (Å²) >= 11 is 0. The Labute approximate surface area is 146 Å². The van der Waals surface area contributed by atoms with Gasteiger partial charge in [0.1, 0.15) is 12.4 Å². The van der Waals surface area contributed by atoms with Crippen LogP contribution >= 0.6 is 0 Å². The number of benzene rings is 2. The van der Waals surface area contributed by atoms with E-state index in [0.717, 1.165) is 16.9 Å². The highest BCUT2D eigenvalue weighted by Crippen LogP contribution is 2.32. The van der Waals surface area contributed by atoms with Gasteiger partial charge >= 0.3 is 6.03 Å². The van der Waals surface area contributed by atoms with Crippen molar-refractivity contribution >= 4 is 11.7 Å². The molecule has 1 aliphatic heterocycles. The molecule has 2 aromatic rings. The number of anilines is 1. The fraction of sp³-hybridized carbons (Fsp3) is 0.211. The monoisotopic (exact) mass is 340 g/mol. The summed E-state index contributed by atoms with van der Waals surface area (Å²) in [5, 5.41) is 5.59. The van der Waals surface area contributed by atoms with Gasteiger partial charge in [-0.25, -0.2) is 4.79 Å². The molecule has 6 heteroatoms. The lowest BCUT2D eigenvalue weighted by atomic mass is 10.2. The van der Waals surface area contributed by atoms with Crippen LogP contribution in [-0.4, -0.2) is 19.4 Å². The van der Waals surface area contributed by atoms with Crippen molar-refractivity contribution < 1.29 is 19.0 Å². The Morgan fingerprint density at radius 1 is 1.20 bits per heavy atom. The summed E-state index contributed by atoms with van der Waals surface area (Å²) in [7, 11) is 0. The van der Waals surface area contributed by atoms with Gasteiger partial charge in [0.05, 0.1) is 0 Å². The zero-order chi connectivity index (χ0) is 17.6. The van der Waals surface area contributed by atoms with Gasteiger partial charge in [-0.1, -0.05) is 18.7 Å². The van der Waals surface area contributed by atoms with Crippen LogP contribution in [0.2, 0.25) is 0 Å². The first-order chi connectivity index (χ1) is 12.1. The van der Waals surface area contributed by atoms with Gasteiger partial charge in [-0.15, -0.1) is 0 Å². The first-order valence-electron chi connectivity index (χ1n) is 7.91. The molecule has 0 saturated heterocycles. The molecule has 2 amide bonds. The number of hydrogen-bond donors (Lipinski definition) is 2. The van der Waals surface area contributed by atoms with E-state index in [-0.39, 0.29) is 12.8 Å². The van der Waals surface area contributed by atoms with Crippen molar-refractivity contribution in [3.05, 3.63) is 60.2 Å². The fourth-order valence-electron chi connectivity index (χ4n) is 2.28. The molecule has 1 heterocycles. The molecule has 0 aromatic heterocycles. The molecule has 0 saturated carbocycles. The molecule has 1 aliphatic rings. The van der Waals surface area contributed by atoms with Crippen molar-refractivity contribution in [2.24, 2.45) is 0 Å². The first kappa shape index (κ1) is 16.7. The topological polar surface area (TPSA) is 68.8 Å². The lowest BCUT2D eigenvalue weighted by Crippen LogP contribution is -2.28. The van der Waals surface area contributed by atoms with Gasteiger partial charge in [-0.3, -0.25) is 0 Å². The predicted molar refractivity (Wildman–Crippen MR) is 95.2 cm³/mol. The van der Waals surface area contributed by atoms with Gasteiger partial charge in [-0.05, 0) is 42.3 Å². The van der Waals surface area contributed by atoms with E-state index < -0.39 is 0 Å². The third-order valence-corrected chi connectivity index (χ3v) is 3.47. The van der Waals surface area contributed by atoms with Gasteiger partial charge in [0.2, 0.25) is 6.79 Å². The van der Waals surface area contributed by atoms with E-state index in [1.807, 2.05) is 37.3 Å². The van der Waals surface area contributed by atoms with Crippen molar-refractivity contribution in [2.45, 2.75) is 13.5 Å². The SMILES string of the molecule is C=C(C)COc1cccc(NC(=O)NCc2ccc3c(c2)OCO3)c1. The molecule has 25 heavy (non-hydrogen) atoms. The van der Waals surface area contributed by atoms with Gasteiger partial charge in [-0.2, -0.15) is 0 Å². The van der Waals surface area contributed by atoms with E-state index in [1.165, 1.54) is 0 Å². The molecule has 2 aromatic carbocycles. The van der Waals surface area contributed by atoms with Crippen molar-refractivity contribution in [3.8, 4) is 17.2 Å². The summed E-state index contributed by atoms with van der Waals surface area (Å²) < 4.78 is 16.2. The van der Waals surface area contributed by atoms with Gasteiger partial charge < -0.3 is 24.8 Å². The predicted octanol–water partition coefficient (Wildman–Crippen LogP) is 3.69. The van der Waals surface area contributed by atoms with E-state index in [4.69, 9.17) is 14.2 Å². The third kappa shape index (κ3) is 4.67. The standard InChI is InChI=1S/C19H20N2O4/c1-13(2)11-23-16-5-3-4-15(9-16)21-19(22)20-10-14-6-7-17-18(8-14)25-12-24-17/h3-9H,1,10-12H2,2H3,(H2,20,21,22). The molecular formula is C19H20N2O4. The summed E-state index contributed by atoms with van der Waals surface area (Å²) in [6.45, 7) is 6.75. The van der Waals surface area contributed by atoms with Crippen molar-refractivity contribution in [1.29, 1.82) is 0 Å². The molecule has 0 fully saturated rings. The molecule has 0 radical (unpaired) electrons. The Bertz CT molecular complexity index is 789. The Kier molecular flexibility index (Phi) is 5.09. The number of fused-ring (bicyclic) bond motifs is 1. The normalized spacial score (nSPS) is 11.7. The second-order valence-electron chi connectivity index (χ2n) is 5.77. The van der Waals surface area contributed by atoms with Crippen molar-refractivity contribution in [2.75, 3.05) is 18.7 Å². The molecular weight excluding hydrogens is 320 g/mol. The van der Waals surface area contributed by atoms with Gasteiger partial charge in [0.15, 0.2) is 11.5 Å². The lowest BCUT2D eigenvalue weighted by Gasteiger charge is -2.10. The molecule has 3 rings (SSSR count). The van der Waals surface area contributed by atoms with Crippen LogP contribution in [0.25, 0.3) is 0 Å². The minimum absolute atomic E-state index is 0.233. The number of amides is 2. The van der Waals surface area contributed by atoms with E-state index in [1.54, 1.807) is 12.1 Å². The van der Waals surface area contributed by atoms with Crippen LogP contribution in [0.5, 0.6) is 17.2 Å². The number of ether oxygens (including phenoxy) is 3. The Hall–Kier alpha value is -3.15. The van der Waals surface area contributed by atoms with E-state index in [9.17, 15) is 4.79 Å². The number of carbonyl (C=O) groups excluding carboxylic acids is 1. The Morgan fingerprint density at radius 3 is 2.88 bits per heavy atom. The van der Waals surface area contributed by atoms with Gasteiger partial charge in [0, 0.05) is 18.3 Å². The number of hydrogen-bond acceptors (Lipinski definition) is 4. The average Bonchev–Trinajstić information content (AvgIpc) is 3.06. The van der Waals surface area contributed by atoms with E-state index in [2.05, 4.69) is 17.2 Å². The minimum atomic E-state index is -0.297. The number of nitrogens with one attached hydrogen (secondary N) is 2. The summed E-state index contributed by atoms with van der Waals surface area (Å²) in [5.41, 5.74) is 2.51. The maximum atomic E-state index is 12.1. The van der Waals surface area contributed by atoms with Crippen molar-refractivity contribution in [1.82, 2.24) is 5.32 Å². The third-order valence-electron chi connectivity index (χ3n) is 3.47. The highest BCUT2D eigenvalue weighted by Gasteiger charge is 2.13.